The molecule has 6 heteroatoms. The van der Waals surface area contributed by atoms with Crippen LogP contribution in [0.15, 0.2) is 167 Å². The van der Waals surface area contributed by atoms with E-state index in [0.29, 0.717) is 17.6 Å². The SMILES string of the molecule is c1ccc(-c2nc(-c3ccc4c(c3)oc3cccc(-c5ccccc5)c34)nc(-n3c4ccccc4c4c5c(ccc43)oc3ccccc35)n2)cc1. The Morgan fingerprint density at radius 1 is 0.373 bits per heavy atom. The maximum absolute atomic E-state index is 6.49. The molecule has 11 aromatic rings. The van der Waals surface area contributed by atoms with Crippen molar-refractivity contribution in [2.45, 2.75) is 0 Å². The smallest absolute Gasteiger partial charge is 0.238 e. The normalized spacial score (nSPS) is 11.9. The van der Waals surface area contributed by atoms with Crippen LogP contribution in [-0.4, -0.2) is 19.5 Å². The highest BCUT2D eigenvalue weighted by molar-refractivity contribution is 6.27. The molecular formula is C45H26N4O2. The van der Waals surface area contributed by atoms with E-state index in [1.165, 1.54) is 0 Å². The van der Waals surface area contributed by atoms with Gasteiger partial charge >= 0.3 is 0 Å². The second-order valence-corrected chi connectivity index (χ2v) is 12.8. The van der Waals surface area contributed by atoms with Gasteiger partial charge in [0, 0.05) is 43.4 Å². The molecule has 0 radical (unpaired) electrons. The van der Waals surface area contributed by atoms with E-state index in [9.17, 15) is 0 Å². The lowest BCUT2D eigenvalue weighted by Crippen LogP contribution is -2.06. The second kappa shape index (κ2) is 10.7. The van der Waals surface area contributed by atoms with Gasteiger partial charge in [-0.2, -0.15) is 9.97 Å². The quantitative estimate of drug-likeness (QED) is 0.189. The Hall–Kier alpha value is -7.05. The molecule has 0 N–H and O–H groups in total. The highest BCUT2D eigenvalue weighted by Crippen LogP contribution is 2.42. The van der Waals surface area contributed by atoms with E-state index in [2.05, 4.69) is 89.5 Å². The van der Waals surface area contributed by atoms with Gasteiger partial charge in [-0.15, -0.1) is 0 Å². The summed E-state index contributed by atoms with van der Waals surface area (Å²) >= 11 is 0. The highest BCUT2D eigenvalue weighted by atomic mass is 16.3. The maximum atomic E-state index is 6.49. The third kappa shape index (κ3) is 4.20. The largest absolute Gasteiger partial charge is 0.456 e. The molecule has 0 aliphatic carbocycles. The fourth-order valence-electron chi connectivity index (χ4n) is 7.62. The van der Waals surface area contributed by atoms with Gasteiger partial charge in [-0.3, -0.25) is 4.57 Å². The van der Waals surface area contributed by atoms with Crippen LogP contribution < -0.4 is 0 Å². The Balaban J connectivity index is 1.17. The molecule has 238 valence electrons. The molecule has 6 nitrogen and oxygen atoms in total. The van der Waals surface area contributed by atoms with Crippen LogP contribution in [-0.2, 0) is 0 Å². The molecule has 0 atom stereocenters. The van der Waals surface area contributed by atoms with Crippen molar-refractivity contribution in [2.75, 3.05) is 0 Å². The number of hydrogen-bond donors (Lipinski definition) is 0. The van der Waals surface area contributed by atoms with Crippen molar-refractivity contribution < 1.29 is 8.83 Å². The Bertz CT molecular complexity index is 3140. The van der Waals surface area contributed by atoms with E-state index in [-0.39, 0.29) is 0 Å². The number of furan rings is 2. The summed E-state index contributed by atoms with van der Waals surface area (Å²) < 4.78 is 14.9. The standard InChI is InChI=1S/C45H26N4O2/c1-3-12-27(13-4-1)30-18-11-21-37-40(30)33-23-22-29(26-39(33)51-37)44-46-43(28-14-5-2-6-15-28)47-45(48-44)49-34-19-9-7-16-31(34)41-35(49)24-25-38-42(41)32-17-8-10-20-36(32)50-38/h1-26H. The van der Waals surface area contributed by atoms with E-state index in [4.69, 9.17) is 23.8 Å². The third-order valence-corrected chi connectivity index (χ3v) is 9.87. The first-order valence-electron chi connectivity index (χ1n) is 16.9. The van der Waals surface area contributed by atoms with E-state index >= 15 is 0 Å². The second-order valence-electron chi connectivity index (χ2n) is 12.8. The maximum Gasteiger partial charge on any atom is 0.238 e. The predicted octanol–water partition coefficient (Wildman–Crippen LogP) is 11.8. The van der Waals surface area contributed by atoms with Crippen LogP contribution >= 0.6 is 0 Å². The molecule has 4 aromatic heterocycles. The summed E-state index contributed by atoms with van der Waals surface area (Å²) in [6.45, 7) is 0. The van der Waals surface area contributed by atoms with Gasteiger partial charge in [-0.05, 0) is 53.6 Å². The van der Waals surface area contributed by atoms with Crippen molar-refractivity contribution in [1.82, 2.24) is 19.5 Å². The number of para-hydroxylation sites is 2. The van der Waals surface area contributed by atoms with Gasteiger partial charge in [-0.1, -0.05) is 115 Å². The number of aromatic nitrogens is 4. The number of benzene rings is 7. The minimum Gasteiger partial charge on any atom is -0.456 e. The number of fused-ring (bicyclic) bond motifs is 10. The molecule has 0 bridgehead atoms. The zero-order chi connectivity index (χ0) is 33.5. The van der Waals surface area contributed by atoms with Gasteiger partial charge < -0.3 is 8.83 Å². The van der Waals surface area contributed by atoms with Gasteiger partial charge in [0.2, 0.25) is 5.95 Å². The molecule has 0 unspecified atom stereocenters. The van der Waals surface area contributed by atoms with E-state index < -0.39 is 0 Å². The first-order chi connectivity index (χ1) is 25.3. The molecule has 0 aliphatic rings. The van der Waals surface area contributed by atoms with E-state index in [1.807, 2.05) is 72.8 Å². The summed E-state index contributed by atoms with van der Waals surface area (Å²) in [5, 5.41) is 6.51. The van der Waals surface area contributed by atoms with Crippen molar-refractivity contribution in [2.24, 2.45) is 0 Å². The van der Waals surface area contributed by atoms with Crippen LogP contribution in [0.25, 0.3) is 106 Å². The van der Waals surface area contributed by atoms with Gasteiger partial charge in [0.25, 0.3) is 0 Å². The Labute approximate surface area is 290 Å². The molecule has 11 rings (SSSR count). The van der Waals surface area contributed by atoms with Gasteiger partial charge in [0.1, 0.15) is 22.3 Å². The predicted molar refractivity (Wildman–Crippen MR) is 205 cm³/mol. The van der Waals surface area contributed by atoms with Crippen LogP contribution in [0.2, 0.25) is 0 Å². The van der Waals surface area contributed by atoms with Gasteiger partial charge in [0.15, 0.2) is 11.6 Å². The number of nitrogens with zero attached hydrogens (tertiary/aromatic N) is 4. The van der Waals surface area contributed by atoms with Crippen molar-refractivity contribution in [3.8, 4) is 39.9 Å². The lowest BCUT2D eigenvalue weighted by atomic mass is 9.99. The van der Waals surface area contributed by atoms with Crippen LogP contribution in [0, 0.1) is 0 Å². The first kappa shape index (κ1) is 27.9. The molecule has 0 aliphatic heterocycles. The fourth-order valence-corrected chi connectivity index (χ4v) is 7.62. The Morgan fingerprint density at radius 3 is 1.86 bits per heavy atom. The summed E-state index contributed by atoms with van der Waals surface area (Å²) in [5.74, 6) is 1.69. The lowest BCUT2D eigenvalue weighted by molar-refractivity contribution is 0.669. The Kier molecular flexibility index (Phi) is 5.86. The Morgan fingerprint density at radius 2 is 1.02 bits per heavy atom. The van der Waals surface area contributed by atoms with Crippen molar-refractivity contribution in [1.29, 1.82) is 0 Å². The van der Waals surface area contributed by atoms with E-state index in [1.54, 1.807) is 0 Å². The fraction of sp³-hybridized carbons (Fsp3) is 0. The molecule has 51 heavy (non-hydrogen) atoms. The summed E-state index contributed by atoms with van der Waals surface area (Å²) in [6.07, 6.45) is 0. The minimum absolute atomic E-state index is 0.535. The van der Waals surface area contributed by atoms with Crippen LogP contribution in [0.5, 0.6) is 0 Å². The summed E-state index contributed by atoms with van der Waals surface area (Å²) in [6, 6.07) is 53.8. The molecule has 0 saturated carbocycles. The molecule has 4 heterocycles. The summed E-state index contributed by atoms with van der Waals surface area (Å²) in [7, 11) is 0. The van der Waals surface area contributed by atoms with Crippen LogP contribution in [0.1, 0.15) is 0 Å². The highest BCUT2D eigenvalue weighted by Gasteiger charge is 2.22. The van der Waals surface area contributed by atoms with Crippen molar-refractivity contribution in [3.05, 3.63) is 158 Å². The summed E-state index contributed by atoms with van der Waals surface area (Å²) in [4.78, 5) is 15.4. The van der Waals surface area contributed by atoms with Gasteiger partial charge in [0.05, 0.1) is 11.0 Å². The zero-order valence-electron chi connectivity index (χ0n) is 27.1. The number of hydrogen-bond acceptors (Lipinski definition) is 5. The molecule has 0 amide bonds. The van der Waals surface area contributed by atoms with Crippen LogP contribution in [0.4, 0.5) is 0 Å². The van der Waals surface area contributed by atoms with Crippen LogP contribution in [0.3, 0.4) is 0 Å². The number of rotatable bonds is 4. The first-order valence-corrected chi connectivity index (χ1v) is 16.9. The molecular weight excluding hydrogens is 629 g/mol. The van der Waals surface area contributed by atoms with Crippen molar-refractivity contribution in [3.63, 3.8) is 0 Å². The average molecular weight is 655 g/mol. The molecule has 0 spiro atoms. The monoisotopic (exact) mass is 654 g/mol. The lowest BCUT2D eigenvalue weighted by Gasteiger charge is -2.11. The van der Waals surface area contributed by atoms with E-state index in [0.717, 1.165) is 87.9 Å². The minimum atomic E-state index is 0.535. The molecule has 7 aromatic carbocycles. The average Bonchev–Trinajstić information content (AvgIpc) is 3.87. The zero-order valence-corrected chi connectivity index (χ0v) is 27.1. The third-order valence-electron chi connectivity index (χ3n) is 9.87. The topological polar surface area (TPSA) is 69.9 Å². The molecule has 0 saturated heterocycles. The summed E-state index contributed by atoms with van der Waals surface area (Å²) in [5.41, 5.74) is 9.36. The van der Waals surface area contributed by atoms with Crippen molar-refractivity contribution >= 4 is 65.7 Å². The van der Waals surface area contributed by atoms with Gasteiger partial charge in [-0.25, -0.2) is 4.98 Å². The molecule has 0 fully saturated rings.